The summed E-state index contributed by atoms with van der Waals surface area (Å²) in [7, 11) is 0. The van der Waals surface area contributed by atoms with E-state index in [-0.39, 0.29) is 30.6 Å². The summed E-state index contributed by atoms with van der Waals surface area (Å²) >= 11 is 0. The zero-order valence-corrected chi connectivity index (χ0v) is 21.4. The molecule has 0 aromatic rings. The first-order chi connectivity index (χ1) is 17.6. The fourth-order valence-corrected chi connectivity index (χ4v) is 9.26. The highest BCUT2D eigenvalue weighted by molar-refractivity contribution is 6.02. The van der Waals surface area contributed by atoms with Crippen LogP contribution in [0.3, 0.4) is 0 Å². The lowest BCUT2D eigenvalue weighted by molar-refractivity contribution is -0.344. The average molecular weight is 527 g/mol. The topological polar surface area (TPSA) is 157 Å². The molecule has 5 fully saturated rings. The van der Waals surface area contributed by atoms with Gasteiger partial charge in [0, 0.05) is 11.0 Å². The minimum atomic E-state index is -2.71. The molecule has 10 heteroatoms. The molecular formula is C28H30O10. The van der Waals surface area contributed by atoms with Crippen molar-refractivity contribution in [3.8, 4) is 0 Å². The highest BCUT2D eigenvalue weighted by Gasteiger charge is 2.92. The predicted molar refractivity (Wildman–Crippen MR) is 126 cm³/mol. The third kappa shape index (κ3) is 2.15. The van der Waals surface area contributed by atoms with Crippen molar-refractivity contribution in [1.29, 1.82) is 0 Å². The van der Waals surface area contributed by atoms with Crippen molar-refractivity contribution in [3.63, 3.8) is 0 Å². The molecule has 202 valence electrons. The minimum Gasteiger partial charge on any atom is -0.455 e. The van der Waals surface area contributed by atoms with Crippen LogP contribution in [0.1, 0.15) is 46.5 Å². The van der Waals surface area contributed by atoms with Gasteiger partial charge in [0.15, 0.2) is 28.4 Å². The molecule has 3 N–H and O–H groups in total. The number of rotatable bonds is 0. The molecule has 0 unspecified atom stereocenters. The number of hydrogen-bond donors (Lipinski definition) is 3. The second kappa shape index (κ2) is 6.55. The minimum absolute atomic E-state index is 0.00631. The molecule has 0 radical (unpaired) electrons. The van der Waals surface area contributed by atoms with Crippen molar-refractivity contribution in [2.45, 2.75) is 81.3 Å². The lowest BCUT2D eigenvalue weighted by Gasteiger charge is -2.60. The number of aliphatic hydroxyl groups excluding tert-OH is 1. The molecule has 3 aliphatic carbocycles. The van der Waals surface area contributed by atoms with Crippen molar-refractivity contribution in [1.82, 2.24) is 0 Å². The van der Waals surface area contributed by atoms with Crippen LogP contribution < -0.4 is 0 Å². The first kappa shape index (κ1) is 24.4. The first-order valence-electron chi connectivity index (χ1n) is 13.1. The molecule has 0 aromatic carbocycles. The SMILES string of the molecule is C=C1C(=O)O[C@@H]2C[C@@]1(C)[C@@H]1C(=O)[C@@]3(O)O[C@@]14[C@@](O)(CC[C@H]1[C@H]3[C@H](O)C=C3CC=CC(=O)[C@@]31C)C(=O)O[C@@]24C. The number of ketones is 2. The van der Waals surface area contributed by atoms with Gasteiger partial charge in [-0.3, -0.25) is 9.59 Å². The number of carbonyl (C=O) groups excluding carboxylic acids is 4. The summed E-state index contributed by atoms with van der Waals surface area (Å²) in [6.07, 6.45) is 2.38. The molecule has 7 aliphatic rings. The van der Waals surface area contributed by atoms with Gasteiger partial charge >= 0.3 is 11.9 Å². The van der Waals surface area contributed by atoms with Crippen LogP contribution in [0.4, 0.5) is 0 Å². The van der Waals surface area contributed by atoms with Crippen molar-refractivity contribution in [2.75, 3.05) is 0 Å². The maximum absolute atomic E-state index is 14.6. The molecular weight excluding hydrogens is 496 g/mol. The van der Waals surface area contributed by atoms with E-state index in [0.717, 1.165) is 0 Å². The van der Waals surface area contributed by atoms with Gasteiger partial charge in [0.2, 0.25) is 5.79 Å². The van der Waals surface area contributed by atoms with Crippen molar-refractivity contribution < 1.29 is 48.7 Å². The Hall–Kier alpha value is -2.66. The van der Waals surface area contributed by atoms with E-state index in [1.807, 2.05) is 0 Å². The highest BCUT2D eigenvalue weighted by Crippen LogP contribution is 2.73. The molecule has 11 atom stereocenters. The number of allylic oxidation sites excluding steroid dienone is 3. The number of carbonyl (C=O) groups is 4. The van der Waals surface area contributed by atoms with Gasteiger partial charge in [-0.05, 0) is 51.5 Å². The number of ether oxygens (including phenoxy) is 3. The van der Waals surface area contributed by atoms with Gasteiger partial charge in [0.25, 0.3) is 0 Å². The molecule has 7 rings (SSSR count). The van der Waals surface area contributed by atoms with Crippen LogP contribution in [0.5, 0.6) is 0 Å². The Labute approximate surface area is 218 Å². The summed E-state index contributed by atoms with van der Waals surface area (Å²) in [5, 5.41) is 36.0. The molecule has 38 heavy (non-hydrogen) atoms. The largest absolute Gasteiger partial charge is 0.455 e. The van der Waals surface area contributed by atoms with Gasteiger partial charge in [0.05, 0.1) is 23.4 Å². The monoisotopic (exact) mass is 526 g/mol. The molecule has 10 nitrogen and oxygen atoms in total. The normalized spacial score (nSPS) is 56.2. The van der Waals surface area contributed by atoms with Gasteiger partial charge in [0.1, 0.15) is 6.10 Å². The van der Waals surface area contributed by atoms with Crippen LogP contribution >= 0.6 is 0 Å². The summed E-state index contributed by atoms with van der Waals surface area (Å²) in [6, 6.07) is 0. The fraction of sp³-hybridized carbons (Fsp3) is 0.643. The zero-order chi connectivity index (χ0) is 27.4. The van der Waals surface area contributed by atoms with Gasteiger partial charge in [-0.1, -0.05) is 31.2 Å². The Morgan fingerprint density at radius 3 is 2.53 bits per heavy atom. The summed E-state index contributed by atoms with van der Waals surface area (Å²) in [4.78, 5) is 54.4. The van der Waals surface area contributed by atoms with E-state index in [2.05, 4.69) is 6.58 Å². The average Bonchev–Trinajstić information content (AvgIpc) is 3.19. The second-order valence-corrected chi connectivity index (χ2v) is 12.7. The van der Waals surface area contributed by atoms with Crippen LogP contribution in [0.2, 0.25) is 0 Å². The lowest BCUT2D eigenvalue weighted by Crippen LogP contribution is -2.77. The molecule has 4 heterocycles. The van der Waals surface area contributed by atoms with E-state index in [1.165, 1.54) is 19.1 Å². The number of hydrogen-bond acceptors (Lipinski definition) is 10. The Kier molecular flexibility index (Phi) is 4.20. The van der Waals surface area contributed by atoms with Crippen LogP contribution in [-0.2, 0) is 33.4 Å². The summed E-state index contributed by atoms with van der Waals surface area (Å²) < 4.78 is 17.8. The van der Waals surface area contributed by atoms with E-state index in [1.54, 1.807) is 19.9 Å². The van der Waals surface area contributed by atoms with Crippen molar-refractivity contribution in [3.05, 3.63) is 36.0 Å². The Balaban J connectivity index is 1.52. The highest BCUT2D eigenvalue weighted by atomic mass is 16.7. The fourth-order valence-electron chi connectivity index (χ4n) is 9.26. The summed E-state index contributed by atoms with van der Waals surface area (Å²) in [5.74, 6) is -9.26. The number of fused-ring (bicyclic) bond motifs is 9. The van der Waals surface area contributed by atoms with Gasteiger partial charge in [-0.15, -0.1) is 0 Å². The number of esters is 2. The lowest BCUT2D eigenvalue weighted by atomic mass is 9.47. The Bertz CT molecular complexity index is 1350. The van der Waals surface area contributed by atoms with Gasteiger partial charge in [-0.25, -0.2) is 9.59 Å². The standard InChI is InChI=1S/C28H30O10/c1-12-21(32)36-17-11-23(12,2)19-20(31)27(35)18-14(24(3)13(10-15(18)29)6-5-7-16(24)30)8-9-26(34)22(33)37-25(17,4)28(19,26)38-27/h5,7,10,14-15,17-19,29,34-35H,1,6,8-9,11H2,2-4H3/t14-,15+,17+,18-,19-,23+,24-,25-,26+,27-,28-/m0/s1. The van der Waals surface area contributed by atoms with Crippen molar-refractivity contribution >= 4 is 23.5 Å². The molecule has 0 aromatic heterocycles. The third-order valence-corrected chi connectivity index (χ3v) is 11.3. The first-order valence-corrected chi connectivity index (χ1v) is 13.1. The number of aliphatic hydroxyl groups is 3. The van der Waals surface area contributed by atoms with E-state index < -0.39 is 81.1 Å². The van der Waals surface area contributed by atoms with Crippen LogP contribution in [0, 0.1) is 28.6 Å². The van der Waals surface area contributed by atoms with E-state index in [4.69, 9.17) is 14.2 Å². The molecule has 1 spiro atoms. The molecule has 4 aliphatic heterocycles. The van der Waals surface area contributed by atoms with E-state index in [0.29, 0.717) is 12.0 Å². The number of Topliss-reactive ketones (excluding diaryl/α,β-unsaturated/α-hetero) is 1. The van der Waals surface area contributed by atoms with E-state index >= 15 is 0 Å². The smallest absolute Gasteiger partial charge is 0.342 e. The van der Waals surface area contributed by atoms with E-state index in [9.17, 15) is 34.5 Å². The maximum atomic E-state index is 14.6. The Morgan fingerprint density at radius 1 is 1.11 bits per heavy atom. The summed E-state index contributed by atoms with van der Waals surface area (Å²) in [5.41, 5.74) is -8.34. The molecule has 4 bridgehead atoms. The Morgan fingerprint density at radius 2 is 1.82 bits per heavy atom. The van der Waals surface area contributed by atoms with Crippen LogP contribution in [0.25, 0.3) is 0 Å². The second-order valence-electron chi connectivity index (χ2n) is 12.7. The molecule has 4 saturated heterocycles. The predicted octanol–water partition coefficient (Wildman–Crippen LogP) is 0.430. The zero-order valence-electron chi connectivity index (χ0n) is 21.4. The maximum Gasteiger partial charge on any atom is 0.342 e. The van der Waals surface area contributed by atoms with Crippen LogP contribution in [0.15, 0.2) is 36.0 Å². The molecule has 0 amide bonds. The summed E-state index contributed by atoms with van der Waals surface area (Å²) in [6.45, 7) is 8.65. The van der Waals surface area contributed by atoms with Gasteiger partial charge in [-0.2, -0.15) is 0 Å². The third-order valence-electron chi connectivity index (χ3n) is 11.3. The van der Waals surface area contributed by atoms with Crippen molar-refractivity contribution in [2.24, 2.45) is 28.6 Å². The quantitative estimate of drug-likeness (QED) is 0.230. The van der Waals surface area contributed by atoms with Crippen LogP contribution in [-0.4, -0.2) is 73.6 Å². The van der Waals surface area contributed by atoms with Gasteiger partial charge < -0.3 is 29.5 Å². The molecule has 1 saturated carbocycles.